The maximum atomic E-state index is 11.7. The summed E-state index contributed by atoms with van der Waals surface area (Å²) < 4.78 is 5.44. The van der Waals surface area contributed by atoms with Gasteiger partial charge in [0.1, 0.15) is 6.07 Å². The van der Waals surface area contributed by atoms with Crippen LogP contribution in [0.15, 0.2) is 36.4 Å². The number of aromatic nitrogens is 2. The Bertz CT molecular complexity index is 1300. The second kappa shape index (κ2) is 8.58. The summed E-state index contributed by atoms with van der Waals surface area (Å²) in [6.07, 6.45) is 2.03. The smallest absolute Gasteiger partial charge is 0.337 e. The molecule has 2 N–H and O–H groups in total. The third-order valence-corrected chi connectivity index (χ3v) is 6.97. The molecule has 1 atom stereocenters. The molecule has 0 amide bonds. The maximum Gasteiger partial charge on any atom is 0.337 e. The lowest BCUT2D eigenvalue weighted by molar-refractivity contribution is -0.124. The van der Waals surface area contributed by atoms with Crippen molar-refractivity contribution in [2.45, 2.75) is 32.7 Å². The molecule has 2 fully saturated rings. The summed E-state index contributed by atoms with van der Waals surface area (Å²) >= 11 is 0. The van der Waals surface area contributed by atoms with Gasteiger partial charge >= 0.3 is 5.97 Å². The van der Waals surface area contributed by atoms with E-state index in [0.29, 0.717) is 22.7 Å². The molecule has 1 aromatic heterocycles. The molecule has 1 spiro atoms. The Morgan fingerprint density at radius 3 is 2.62 bits per heavy atom. The monoisotopic (exact) mass is 457 g/mol. The van der Waals surface area contributed by atoms with Gasteiger partial charge in [0, 0.05) is 29.8 Å². The van der Waals surface area contributed by atoms with E-state index < -0.39 is 5.97 Å². The number of aromatic carboxylic acids is 1. The van der Waals surface area contributed by atoms with Crippen molar-refractivity contribution in [2.24, 2.45) is 5.41 Å². The Morgan fingerprint density at radius 1 is 1.24 bits per heavy atom. The van der Waals surface area contributed by atoms with E-state index in [4.69, 9.17) is 9.72 Å². The molecule has 8 nitrogen and oxygen atoms in total. The van der Waals surface area contributed by atoms with Crippen LogP contribution in [0.25, 0.3) is 11.0 Å². The number of fused-ring (bicyclic) bond motifs is 1. The summed E-state index contributed by atoms with van der Waals surface area (Å²) in [7, 11) is 0. The molecule has 0 unspecified atom stereocenters. The zero-order valence-electron chi connectivity index (χ0n) is 19.3. The van der Waals surface area contributed by atoms with Crippen LogP contribution >= 0.6 is 0 Å². The molecule has 2 aliphatic rings. The van der Waals surface area contributed by atoms with Gasteiger partial charge in [0.05, 0.1) is 35.9 Å². The predicted molar refractivity (Wildman–Crippen MR) is 129 cm³/mol. The van der Waals surface area contributed by atoms with E-state index in [1.807, 2.05) is 32.0 Å². The zero-order valence-corrected chi connectivity index (χ0v) is 19.3. The molecule has 2 saturated heterocycles. The van der Waals surface area contributed by atoms with Gasteiger partial charge in [0.15, 0.2) is 11.5 Å². The molecule has 0 radical (unpaired) electrons. The molecule has 0 bridgehead atoms. The number of hydrogen-bond acceptors (Lipinski definition) is 7. The number of nitrogens with zero attached hydrogens (tertiary/aromatic N) is 4. The van der Waals surface area contributed by atoms with Crippen LogP contribution in [0.5, 0.6) is 0 Å². The fourth-order valence-corrected chi connectivity index (χ4v) is 4.93. The van der Waals surface area contributed by atoms with Gasteiger partial charge in [0.2, 0.25) is 0 Å². The van der Waals surface area contributed by atoms with Gasteiger partial charge in [-0.15, -0.1) is 0 Å². The van der Waals surface area contributed by atoms with Crippen LogP contribution in [0.4, 0.5) is 11.5 Å². The molecule has 34 heavy (non-hydrogen) atoms. The fourth-order valence-electron chi connectivity index (χ4n) is 4.93. The first kappa shape index (κ1) is 22.1. The molecule has 2 aromatic carbocycles. The number of carboxylic acids is 1. The highest BCUT2D eigenvalue weighted by Gasteiger charge is 2.41. The number of para-hydroxylation sites is 1. The van der Waals surface area contributed by atoms with Gasteiger partial charge in [0.25, 0.3) is 0 Å². The summed E-state index contributed by atoms with van der Waals surface area (Å²) in [4.78, 5) is 23.5. The summed E-state index contributed by atoms with van der Waals surface area (Å²) in [5.74, 6) is -0.363. The lowest BCUT2D eigenvalue weighted by atomic mass is 9.77. The molecule has 0 saturated carbocycles. The van der Waals surface area contributed by atoms with Gasteiger partial charge in [-0.2, -0.15) is 5.26 Å². The van der Waals surface area contributed by atoms with E-state index in [1.165, 1.54) is 0 Å². The molecule has 8 heteroatoms. The standard InChI is InChI=1S/C26H27N5O3/c1-16-11-19(17(2)28-20-6-4-3-5-18(20)25(32)33)23-21(12-16)29-22(13-27)24(30-23)31-9-7-26(8-10-31)14-34-15-26/h3-6,11-12,17,28H,7-10,14-15H2,1-2H3,(H,32,33)/t17-/m1/s1. The highest BCUT2D eigenvalue weighted by atomic mass is 16.5. The highest BCUT2D eigenvalue weighted by molar-refractivity contribution is 5.94. The molecular formula is C26H27N5O3. The van der Waals surface area contributed by atoms with E-state index in [1.54, 1.807) is 18.2 Å². The fraction of sp³-hybridized carbons (Fsp3) is 0.385. The molecule has 2 aliphatic heterocycles. The average Bonchev–Trinajstić information content (AvgIpc) is 2.82. The Balaban J connectivity index is 1.53. The Kier molecular flexibility index (Phi) is 5.58. The number of ether oxygens (including phenoxy) is 1. The number of aryl methyl sites for hydroxylation is 1. The molecular weight excluding hydrogens is 430 g/mol. The summed E-state index contributed by atoms with van der Waals surface area (Å²) in [5.41, 5.74) is 4.67. The second-order valence-corrected chi connectivity index (χ2v) is 9.43. The highest BCUT2D eigenvalue weighted by Crippen LogP contribution is 2.40. The lowest BCUT2D eigenvalue weighted by Crippen LogP contribution is -2.51. The van der Waals surface area contributed by atoms with Crippen LogP contribution in [0, 0.1) is 23.7 Å². The predicted octanol–water partition coefficient (Wildman–Crippen LogP) is 4.30. The topological polar surface area (TPSA) is 111 Å². The van der Waals surface area contributed by atoms with Crippen molar-refractivity contribution in [2.75, 3.05) is 36.5 Å². The minimum Gasteiger partial charge on any atom is -0.478 e. The van der Waals surface area contributed by atoms with Crippen molar-refractivity contribution in [1.82, 2.24) is 9.97 Å². The van der Waals surface area contributed by atoms with E-state index >= 15 is 0 Å². The van der Waals surface area contributed by atoms with Crippen LogP contribution in [-0.2, 0) is 4.74 Å². The molecule has 0 aliphatic carbocycles. The zero-order chi connectivity index (χ0) is 23.9. The van der Waals surface area contributed by atoms with E-state index in [-0.39, 0.29) is 17.0 Å². The van der Waals surface area contributed by atoms with Crippen molar-refractivity contribution < 1.29 is 14.6 Å². The Labute approximate surface area is 198 Å². The Hall–Kier alpha value is -3.70. The number of nitriles is 1. The normalized spacial score (nSPS) is 17.7. The van der Waals surface area contributed by atoms with Gasteiger partial charge in [-0.1, -0.05) is 18.2 Å². The minimum absolute atomic E-state index is 0.215. The number of carbonyl (C=O) groups is 1. The van der Waals surface area contributed by atoms with Crippen LogP contribution in [-0.4, -0.2) is 47.3 Å². The molecule has 3 heterocycles. The van der Waals surface area contributed by atoms with Gasteiger partial charge in [-0.05, 0) is 50.5 Å². The third-order valence-electron chi connectivity index (χ3n) is 6.97. The second-order valence-electron chi connectivity index (χ2n) is 9.43. The van der Waals surface area contributed by atoms with Crippen molar-refractivity contribution in [3.63, 3.8) is 0 Å². The van der Waals surface area contributed by atoms with Gasteiger partial charge in [-0.3, -0.25) is 0 Å². The summed E-state index contributed by atoms with van der Waals surface area (Å²) in [6, 6.07) is 12.9. The van der Waals surface area contributed by atoms with Crippen LogP contribution < -0.4 is 10.2 Å². The van der Waals surface area contributed by atoms with Crippen molar-refractivity contribution in [3.8, 4) is 6.07 Å². The SMILES string of the molecule is Cc1cc([C@@H](C)Nc2ccccc2C(=O)O)c2nc(N3CCC4(CC3)COC4)c(C#N)nc2c1. The third kappa shape index (κ3) is 3.93. The largest absolute Gasteiger partial charge is 0.478 e. The number of anilines is 2. The number of rotatable bonds is 5. The number of carboxylic acid groups (broad SMARTS) is 1. The molecule has 5 rings (SSSR count). The van der Waals surface area contributed by atoms with Crippen molar-refractivity contribution >= 4 is 28.5 Å². The summed E-state index contributed by atoms with van der Waals surface area (Å²) in [6.45, 7) is 7.24. The number of nitrogens with one attached hydrogen (secondary N) is 1. The Morgan fingerprint density at radius 2 is 1.97 bits per heavy atom. The maximum absolute atomic E-state index is 11.7. The number of piperidine rings is 1. The lowest BCUT2D eigenvalue weighted by Gasteiger charge is -2.47. The molecule has 3 aromatic rings. The van der Waals surface area contributed by atoms with Crippen molar-refractivity contribution in [3.05, 3.63) is 58.8 Å². The molecule has 174 valence electrons. The van der Waals surface area contributed by atoms with Crippen LogP contribution in [0.1, 0.15) is 53.0 Å². The number of hydrogen-bond donors (Lipinski definition) is 2. The average molecular weight is 458 g/mol. The first-order valence-corrected chi connectivity index (χ1v) is 11.5. The van der Waals surface area contributed by atoms with Gasteiger partial charge < -0.3 is 20.1 Å². The number of benzene rings is 2. The first-order valence-electron chi connectivity index (χ1n) is 11.5. The van der Waals surface area contributed by atoms with Crippen LogP contribution in [0.2, 0.25) is 0 Å². The summed E-state index contributed by atoms with van der Waals surface area (Å²) in [5, 5.41) is 22.7. The minimum atomic E-state index is -0.982. The first-order chi connectivity index (χ1) is 16.4. The van der Waals surface area contributed by atoms with E-state index in [9.17, 15) is 15.2 Å². The quantitative estimate of drug-likeness (QED) is 0.583. The van der Waals surface area contributed by atoms with E-state index in [0.717, 1.165) is 55.8 Å². The van der Waals surface area contributed by atoms with Gasteiger partial charge in [-0.25, -0.2) is 14.8 Å². The van der Waals surface area contributed by atoms with Crippen molar-refractivity contribution in [1.29, 1.82) is 5.26 Å². The van der Waals surface area contributed by atoms with Crippen LogP contribution in [0.3, 0.4) is 0 Å². The van der Waals surface area contributed by atoms with E-state index in [2.05, 4.69) is 21.3 Å².